The van der Waals surface area contributed by atoms with E-state index in [1.807, 2.05) is 185 Å². The second-order valence-electron chi connectivity index (χ2n) is 33.6. The lowest BCUT2D eigenvalue weighted by atomic mass is 10.1. The topological polar surface area (TPSA) is 348 Å². The lowest BCUT2D eigenvalue weighted by Gasteiger charge is -2.12. The van der Waals surface area contributed by atoms with E-state index in [2.05, 4.69) is 82.4 Å². The molecular formula is C112H116F6N18O12. The van der Waals surface area contributed by atoms with Crippen LogP contribution in [0.5, 0.6) is 23.0 Å². The molecule has 0 amide bonds. The number of carbonyl (C=O) groups is 4. The van der Waals surface area contributed by atoms with Crippen LogP contribution >= 0.6 is 0 Å². The lowest BCUT2D eigenvalue weighted by molar-refractivity contribution is -0.114. The first kappa shape index (κ1) is 111. The van der Waals surface area contributed by atoms with Gasteiger partial charge >= 0.3 is 0 Å². The predicted molar refractivity (Wildman–Crippen MR) is 566 cm³/mol. The number of halogens is 6. The molecule has 14 aromatic rings. The van der Waals surface area contributed by atoms with Gasteiger partial charge in [0.25, 0.3) is 0 Å². The Labute approximate surface area is 855 Å². The third-order valence-corrected chi connectivity index (χ3v) is 20.6. The van der Waals surface area contributed by atoms with Gasteiger partial charge in [0.05, 0.1) is 51.2 Å². The minimum absolute atomic E-state index is 0.00306. The van der Waals surface area contributed by atoms with Crippen LogP contribution in [0.25, 0.3) is 12.2 Å². The molecule has 0 radical (unpaired) electrons. The second kappa shape index (κ2) is 59.4. The number of allylic oxidation sites excluding steroid dienone is 4. The van der Waals surface area contributed by atoms with E-state index in [-0.39, 0.29) is 121 Å². The number of hydrogen-bond donors (Lipinski definition) is 8. The normalized spacial score (nSPS) is 11.2. The molecule has 0 aliphatic rings. The summed E-state index contributed by atoms with van der Waals surface area (Å²) < 4.78 is 128. The van der Waals surface area contributed by atoms with E-state index in [9.17, 15) is 45.5 Å². The van der Waals surface area contributed by atoms with Gasteiger partial charge < -0.3 is 90.2 Å². The second-order valence-corrected chi connectivity index (χ2v) is 33.6. The molecule has 0 saturated carbocycles. The standard InChI is InChI=1S/2C29H27FN4O3.2C27H31F2N5O3/c1-36-16-17-37-26-14-11-23(12-15-26)33-29-31-20-27(30)28(34-29)32-24-9-5-8-22(18-24)19-25(35)13-10-21-6-3-2-4-7-21;1-36-17-18-37-26-15-12-24(13-16-26)33-29-31-20-27(30)28(34-29)32-23-10-7-22(8-11-23)19-25(35)14-9-21-5-3-2-4-6-21;1-18(17-34(2)3)13-22(35)14-19-5-7-20(8-6-19)31-26-24(29)16-30-27(33-26)32-21-9-10-25(23(28)15-21)37-12-11-36-4;1-18(17-34(2)3)12-22(35)14-19-6-5-7-20(13-19)31-26-24(29)16-30-27(33-26)32-21-8-9-25(23(28)15-21)37-11-10-36-4/h2-15,18,20H,16-17,19H2,1H3,(H2,31,32,33,34);2-16,20H,17-19H2,1H3,(H2,31,32,33,34);5-10,13,15-16H,11-12,14,17H2,1-4H3,(H2,30,31,32,33);5-9,12-13,15-16H,10-11,14,17H2,1-4H3,(H2,30,31,32,33)/b13-10+;14-9+;18-13+;18-12+. The molecule has 0 fully saturated rings. The molecule has 0 aliphatic heterocycles. The maximum absolute atomic E-state index is 14.5. The molecule has 8 N–H and O–H groups in total. The van der Waals surface area contributed by atoms with Crippen molar-refractivity contribution in [2.24, 2.45) is 0 Å². The summed E-state index contributed by atoms with van der Waals surface area (Å²) in [6.07, 6.45) is 15.3. The summed E-state index contributed by atoms with van der Waals surface area (Å²) in [5.74, 6) is -1.51. The maximum atomic E-state index is 14.5. The van der Waals surface area contributed by atoms with Crippen LogP contribution in [0, 0.1) is 34.9 Å². The van der Waals surface area contributed by atoms with Crippen LogP contribution in [-0.4, -0.2) is 195 Å². The number of likely N-dealkylation sites (N-methyl/N-ethyl adjacent to an activating group) is 2. The zero-order chi connectivity index (χ0) is 105. The molecule has 768 valence electrons. The third kappa shape index (κ3) is 39.7. The number of carbonyl (C=O) groups excluding carboxylic acids is 4. The summed E-state index contributed by atoms with van der Waals surface area (Å²) in [5.41, 5.74) is 11.8. The van der Waals surface area contributed by atoms with Gasteiger partial charge in [0.15, 0.2) is 92.8 Å². The van der Waals surface area contributed by atoms with Gasteiger partial charge in [-0.25, -0.2) is 46.3 Å². The van der Waals surface area contributed by atoms with Gasteiger partial charge in [-0.2, -0.15) is 19.9 Å². The first-order valence-electron chi connectivity index (χ1n) is 46.7. The van der Waals surface area contributed by atoms with E-state index in [0.717, 1.165) is 87.2 Å². The molecule has 4 heterocycles. The predicted octanol–water partition coefficient (Wildman–Crippen LogP) is 21.7. The Kier molecular flexibility index (Phi) is 44.7. The molecule has 0 bridgehead atoms. The van der Waals surface area contributed by atoms with Gasteiger partial charge in [-0.15, -0.1) is 0 Å². The number of methoxy groups -OCH3 is 4. The average Bonchev–Trinajstić information content (AvgIpc) is 0.838. The highest BCUT2D eigenvalue weighted by molar-refractivity contribution is 5.96. The Balaban J connectivity index is 0.000000187. The molecule has 10 aromatic carbocycles. The molecule has 0 saturated heterocycles. The summed E-state index contributed by atoms with van der Waals surface area (Å²) in [6.45, 7) is 8.32. The number of nitrogens with one attached hydrogen (secondary N) is 8. The molecule has 30 nitrogen and oxygen atoms in total. The fourth-order valence-corrected chi connectivity index (χ4v) is 13.8. The Hall–Kier alpha value is -16.9. The molecule has 0 aliphatic carbocycles. The molecule has 36 heteroatoms. The highest BCUT2D eigenvalue weighted by Crippen LogP contribution is 2.32. The first-order chi connectivity index (χ1) is 71.6. The Morgan fingerprint density at radius 3 is 0.905 bits per heavy atom. The highest BCUT2D eigenvalue weighted by Gasteiger charge is 2.19. The summed E-state index contributed by atoms with van der Waals surface area (Å²) in [7, 11) is 14.1. The molecule has 14 rings (SSSR count). The van der Waals surface area contributed by atoms with E-state index in [0.29, 0.717) is 91.8 Å². The van der Waals surface area contributed by atoms with Crippen molar-refractivity contribution in [3.05, 3.63) is 371 Å². The number of ether oxygens (including phenoxy) is 8. The zero-order valence-electron chi connectivity index (χ0n) is 83.4. The van der Waals surface area contributed by atoms with Crippen LogP contribution in [0.2, 0.25) is 0 Å². The number of aromatic nitrogens is 8. The van der Waals surface area contributed by atoms with Gasteiger partial charge in [0, 0.05) is 125 Å². The van der Waals surface area contributed by atoms with Crippen LogP contribution < -0.4 is 61.5 Å². The Bertz CT molecular complexity index is 6770. The molecule has 148 heavy (non-hydrogen) atoms. The van der Waals surface area contributed by atoms with Crippen molar-refractivity contribution in [3.63, 3.8) is 0 Å². The summed E-state index contributed by atoms with van der Waals surface area (Å²) in [4.78, 5) is 86.1. The van der Waals surface area contributed by atoms with Gasteiger partial charge in [-0.3, -0.25) is 19.2 Å². The molecule has 0 spiro atoms. The Morgan fingerprint density at radius 2 is 0.574 bits per heavy atom. The fourth-order valence-electron chi connectivity index (χ4n) is 13.8. The van der Waals surface area contributed by atoms with E-state index < -0.39 is 34.9 Å². The van der Waals surface area contributed by atoms with Gasteiger partial charge in [-0.05, 0) is 221 Å². The summed E-state index contributed by atoms with van der Waals surface area (Å²) >= 11 is 0. The SMILES string of the molecule is COCCOc1ccc(Nc2ncc(F)c(Nc3ccc(CC(=O)/C=C(\C)CN(C)C)cc3)n2)cc1F.COCCOc1ccc(Nc2ncc(F)c(Nc3ccc(CC(=O)/C=C/c4ccccc4)cc3)n2)cc1.COCCOc1ccc(Nc2ncc(F)c(Nc3cccc(CC(=O)/C=C(\C)CN(C)C)c3)n2)cc1F.COCCOc1ccc(Nc2ncc(F)c(Nc3cccc(CC(=O)/C=C/c4ccccc4)c3)n2)cc1. The Morgan fingerprint density at radius 1 is 0.291 bits per heavy atom. The summed E-state index contributed by atoms with van der Waals surface area (Å²) in [6, 6.07) is 71.0. The summed E-state index contributed by atoms with van der Waals surface area (Å²) in [5, 5.41) is 23.6. The van der Waals surface area contributed by atoms with E-state index >= 15 is 0 Å². The number of ketones is 4. The number of rotatable bonds is 50. The number of hydrogen-bond acceptors (Lipinski definition) is 30. The lowest BCUT2D eigenvalue weighted by Crippen LogP contribution is -2.14. The van der Waals surface area contributed by atoms with Crippen molar-refractivity contribution >= 4 is 128 Å². The minimum atomic E-state index is -0.664. The maximum Gasteiger partial charge on any atom is 0.229 e. The van der Waals surface area contributed by atoms with E-state index in [4.69, 9.17) is 37.9 Å². The first-order valence-corrected chi connectivity index (χ1v) is 46.7. The highest BCUT2D eigenvalue weighted by atomic mass is 19.1. The average molecular weight is 2020 g/mol. The van der Waals surface area contributed by atoms with Crippen molar-refractivity contribution in [2.45, 2.75) is 39.5 Å². The number of anilines is 16. The minimum Gasteiger partial charge on any atom is -0.491 e. The van der Waals surface area contributed by atoms with Crippen LogP contribution in [-0.2, 0) is 63.8 Å². The molecule has 0 atom stereocenters. The van der Waals surface area contributed by atoms with Crippen LogP contribution in [0.1, 0.15) is 47.2 Å². The van der Waals surface area contributed by atoms with Crippen molar-refractivity contribution in [2.75, 3.05) is 165 Å². The van der Waals surface area contributed by atoms with Gasteiger partial charge in [0.2, 0.25) is 23.8 Å². The zero-order valence-corrected chi connectivity index (χ0v) is 83.4. The molecular weight excluding hydrogens is 1900 g/mol. The van der Waals surface area contributed by atoms with E-state index in [1.165, 1.54) is 38.5 Å². The largest absolute Gasteiger partial charge is 0.491 e. The third-order valence-electron chi connectivity index (χ3n) is 20.6. The fraction of sp³-hybridized carbons (Fsp3) is 0.214. The van der Waals surface area contributed by atoms with Crippen molar-refractivity contribution in [1.82, 2.24) is 49.7 Å². The van der Waals surface area contributed by atoms with Crippen LogP contribution in [0.15, 0.2) is 303 Å². The van der Waals surface area contributed by atoms with Crippen LogP contribution in [0.4, 0.5) is 119 Å². The molecule has 0 unspecified atom stereocenters. The number of nitrogens with zero attached hydrogens (tertiary/aromatic N) is 10. The smallest absolute Gasteiger partial charge is 0.229 e. The van der Waals surface area contributed by atoms with E-state index in [1.54, 1.807) is 136 Å². The quantitative estimate of drug-likeness (QED) is 0.00997. The van der Waals surface area contributed by atoms with Gasteiger partial charge in [-0.1, -0.05) is 132 Å². The van der Waals surface area contributed by atoms with Crippen molar-refractivity contribution in [1.29, 1.82) is 0 Å². The van der Waals surface area contributed by atoms with Gasteiger partial charge in [0.1, 0.15) is 37.9 Å². The van der Waals surface area contributed by atoms with Crippen molar-refractivity contribution in [3.8, 4) is 23.0 Å². The molecule has 4 aromatic heterocycles. The number of benzene rings is 10. The van der Waals surface area contributed by atoms with Crippen molar-refractivity contribution < 1.29 is 83.4 Å². The van der Waals surface area contributed by atoms with Crippen LogP contribution in [0.3, 0.4) is 0 Å². The monoisotopic (exact) mass is 2020 g/mol.